The van der Waals surface area contributed by atoms with Gasteiger partial charge in [-0.05, 0) is 31.0 Å². The average Bonchev–Trinajstić information content (AvgIpc) is 2.81. The van der Waals surface area contributed by atoms with Crippen LogP contribution in [0, 0.1) is 6.92 Å². The van der Waals surface area contributed by atoms with Crippen molar-refractivity contribution in [3.05, 3.63) is 42.1 Å². The summed E-state index contributed by atoms with van der Waals surface area (Å²) in [7, 11) is 2.01. The van der Waals surface area contributed by atoms with Gasteiger partial charge in [0, 0.05) is 36.6 Å². The van der Waals surface area contributed by atoms with Crippen LogP contribution in [0.1, 0.15) is 18.3 Å². The maximum atomic E-state index is 4.63. The lowest BCUT2D eigenvalue weighted by atomic mass is 10.0. The third-order valence-electron chi connectivity index (χ3n) is 3.39. The monoisotopic (exact) mass is 252 g/mol. The van der Waals surface area contributed by atoms with Crippen LogP contribution in [0.4, 0.5) is 0 Å². The summed E-state index contributed by atoms with van der Waals surface area (Å²) >= 11 is 0. The van der Waals surface area contributed by atoms with Crippen molar-refractivity contribution >= 4 is 11.0 Å². The van der Waals surface area contributed by atoms with E-state index in [1.807, 2.05) is 43.2 Å². The average molecular weight is 252 g/mol. The summed E-state index contributed by atoms with van der Waals surface area (Å²) < 4.78 is 2.03. The molecule has 0 atom stereocenters. The highest BCUT2D eigenvalue weighted by molar-refractivity contribution is 5.92. The number of rotatable bonds is 2. The second-order valence-corrected chi connectivity index (χ2v) is 4.67. The van der Waals surface area contributed by atoms with Crippen molar-refractivity contribution in [2.45, 2.75) is 20.3 Å². The Morgan fingerprint density at radius 1 is 1.21 bits per heavy atom. The summed E-state index contributed by atoms with van der Waals surface area (Å²) in [6, 6.07) is 4.12. The Labute approximate surface area is 112 Å². The van der Waals surface area contributed by atoms with Gasteiger partial charge in [0.2, 0.25) is 0 Å². The van der Waals surface area contributed by atoms with Crippen LogP contribution in [0.15, 0.2) is 30.7 Å². The van der Waals surface area contributed by atoms with Gasteiger partial charge in [0.15, 0.2) is 0 Å². The van der Waals surface area contributed by atoms with Gasteiger partial charge < -0.3 is 4.57 Å². The molecule has 0 aliphatic heterocycles. The molecular weight excluding hydrogens is 236 g/mol. The smallest absolute Gasteiger partial charge is 0.140 e. The molecule has 0 unspecified atom stereocenters. The Balaban J connectivity index is 2.33. The highest BCUT2D eigenvalue weighted by Gasteiger charge is 2.12. The van der Waals surface area contributed by atoms with Gasteiger partial charge in [-0.2, -0.15) is 0 Å². The molecule has 3 rings (SSSR count). The third-order valence-corrected chi connectivity index (χ3v) is 3.39. The summed E-state index contributed by atoms with van der Waals surface area (Å²) in [4.78, 5) is 13.3. The molecule has 0 radical (unpaired) electrons. The van der Waals surface area contributed by atoms with Crippen LogP contribution >= 0.6 is 0 Å². The Bertz CT molecular complexity index is 743. The van der Waals surface area contributed by atoms with Crippen LogP contribution < -0.4 is 0 Å². The van der Waals surface area contributed by atoms with E-state index < -0.39 is 0 Å². The van der Waals surface area contributed by atoms with Crippen molar-refractivity contribution in [1.82, 2.24) is 19.5 Å². The summed E-state index contributed by atoms with van der Waals surface area (Å²) in [5, 5.41) is 1.14. The molecule has 4 heteroatoms. The van der Waals surface area contributed by atoms with Crippen molar-refractivity contribution in [3.63, 3.8) is 0 Å². The molecular formula is C15H16N4. The molecule has 0 aliphatic rings. The SMILES string of the molecule is CCc1cnc(C)nc1-c1ccnc2c1ccn2C. The number of fused-ring (bicyclic) bond motifs is 1. The molecule has 0 amide bonds. The number of aryl methyl sites for hydroxylation is 3. The fourth-order valence-electron chi connectivity index (χ4n) is 2.36. The quantitative estimate of drug-likeness (QED) is 0.704. The van der Waals surface area contributed by atoms with E-state index in [0.29, 0.717) is 0 Å². The predicted molar refractivity (Wildman–Crippen MR) is 75.9 cm³/mol. The fourth-order valence-corrected chi connectivity index (χ4v) is 2.36. The summed E-state index contributed by atoms with van der Waals surface area (Å²) in [6.07, 6.45) is 6.72. The number of nitrogens with zero attached hydrogens (tertiary/aromatic N) is 4. The first-order valence-corrected chi connectivity index (χ1v) is 6.43. The fraction of sp³-hybridized carbons (Fsp3) is 0.267. The van der Waals surface area contributed by atoms with Crippen LogP contribution in [0.3, 0.4) is 0 Å². The minimum atomic E-state index is 0.799. The Morgan fingerprint density at radius 3 is 2.84 bits per heavy atom. The molecule has 4 nitrogen and oxygen atoms in total. The van der Waals surface area contributed by atoms with E-state index in [9.17, 15) is 0 Å². The second-order valence-electron chi connectivity index (χ2n) is 4.67. The first-order chi connectivity index (χ1) is 9.20. The van der Waals surface area contributed by atoms with Gasteiger partial charge in [-0.15, -0.1) is 0 Å². The van der Waals surface area contributed by atoms with E-state index >= 15 is 0 Å². The molecule has 0 N–H and O–H groups in total. The zero-order chi connectivity index (χ0) is 13.4. The van der Waals surface area contributed by atoms with Gasteiger partial charge in [0.1, 0.15) is 11.5 Å². The van der Waals surface area contributed by atoms with Crippen molar-refractivity contribution < 1.29 is 0 Å². The van der Waals surface area contributed by atoms with Crippen LogP contribution in [0.5, 0.6) is 0 Å². The van der Waals surface area contributed by atoms with Crippen LogP contribution in [0.25, 0.3) is 22.3 Å². The lowest BCUT2D eigenvalue weighted by Crippen LogP contribution is -1.98. The number of pyridine rings is 1. The van der Waals surface area contributed by atoms with Gasteiger partial charge in [-0.3, -0.25) is 0 Å². The van der Waals surface area contributed by atoms with E-state index in [-0.39, 0.29) is 0 Å². The second kappa shape index (κ2) is 4.46. The van der Waals surface area contributed by atoms with E-state index in [1.165, 1.54) is 5.56 Å². The van der Waals surface area contributed by atoms with Gasteiger partial charge in [-0.1, -0.05) is 6.92 Å². The molecule has 0 spiro atoms. The molecule has 3 heterocycles. The molecule has 0 saturated carbocycles. The van der Waals surface area contributed by atoms with Crippen molar-refractivity contribution in [3.8, 4) is 11.3 Å². The number of hydrogen-bond donors (Lipinski definition) is 0. The molecule has 0 saturated heterocycles. The van der Waals surface area contributed by atoms with Gasteiger partial charge in [0.05, 0.1) is 5.69 Å². The first kappa shape index (κ1) is 11.8. The van der Waals surface area contributed by atoms with E-state index in [4.69, 9.17) is 0 Å². The number of hydrogen-bond acceptors (Lipinski definition) is 3. The predicted octanol–water partition coefficient (Wildman–Crippen LogP) is 2.90. The highest BCUT2D eigenvalue weighted by Crippen LogP contribution is 2.28. The van der Waals surface area contributed by atoms with E-state index in [1.54, 1.807) is 0 Å². The summed E-state index contributed by atoms with van der Waals surface area (Å²) in [5.74, 6) is 0.799. The minimum absolute atomic E-state index is 0.799. The summed E-state index contributed by atoms with van der Waals surface area (Å²) in [5.41, 5.74) is 4.30. The molecule has 96 valence electrons. The first-order valence-electron chi connectivity index (χ1n) is 6.43. The van der Waals surface area contributed by atoms with Crippen LogP contribution in [-0.2, 0) is 13.5 Å². The molecule has 19 heavy (non-hydrogen) atoms. The Hall–Kier alpha value is -2.23. The van der Waals surface area contributed by atoms with Crippen LogP contribution in [-0.4, -0.2) is 19.5 Å². The maximum absolute atomic E-state index is 4.63. The number of aromatic nitrogens is 4. The van der Waals surface area contributed by atoms with Gasteiger partial charge in [0.25, 0.3) is 0 Å². The largest absolute Gasteiger partial charge is 0.336 e. The Kier molecular flexibility index (Phi) is 2.78. The minimum Gasteiger partial charge on any atom is -0.336 e. The highest BCUT2D eigenvalue weighted by atomic mass is 15.0. The topological polar surface area (TPSA) is 43.6 Å². The molecule has 3 aromatic rings. The molecule has 0 aromatic carbocycles. The van der Waals surface area contributed by atoms with Crippen molar-refractivity contribution in [1.29, 1.82) is 0 Å². The molecule has 0 bridgehead atoms. The molecule has 3 aromatic heterocycles. The third kappa shape index (κ3) is 1.89. The maximum Gasteiger partial charge on any atom is 0.140 e. The van der Waals surface area contributed by atoms with Crippen molar-refractivity contribution in [2.24, 2.45) is 7.05 Å². The van der Waals surface area contributed by atoms with E-state index in [2.05, 4.69) is 27.9 Å². The molecule has 0 aliphatic carbocycles. The molecule has 0 fully saturated rings. The van der Waals surface area contributed by atoms with Gasteiger partial charge >= 0.3 is 0 Å². The lowest BCUT2D eigenvalue weighted by molar-refractivity contribution is 0.948. The standard InChI is InChI=1S/C15H16N4/c1-4-11-9-17-10(2)18-14(11)12-5-7-16-15-13(12)6-8-19(15)3/h5-9H,4H2,1-3H3. The van der Waals surface area contributed by atoms with Crippen LogP contribution in [0.2, 0.25) is 0 Å². The zero-order valence-corrected chi connectivity index (χ0v) is 11.4. The lowest BCUT2D eigenvalue weighted by Gasteiger charge is -2.08. The Morgan fingerprint density at radius 2 is 2.05 bits per heavy atom. The zero-order valence-electron chi connectivity index (χ0n) is 11.4. The van der Waals surface area contributed by atoms with Gasteiger partial charge in [-0.25, -0.2) is 15.0 Å². The normalized spacial score (nSPS) is 11.1. The van der Waals surface area contributed by atoms with E-state index in [0.717, 1.165) is 34.5 Å². The summed E-state index contributed by atoms with van der Waals surface area (Å²) in [6.45, 7) is 4.05. The van der Waals surface area contributed by atoms with Crippen molar-refractivity contribution in [2.75, 3.05) is 0 Å².